The Morgan fingerprint density at radius 1 is 1.23 bits per heavy atom. The van der Waals surface area contributed by atoms with E-state index in [1.807, 2.05) is 0 Å². The molecular weight excluding hydrogens is 356 g/mol. The topological polar surface area (TPSA) is 108 Å². The normalized spacial score (nSPS) is 16.9. The first-order valence-electron chi connectivity index (χ1n) is 8.60. The summed E-state index contributed by atoms with van der Waals surface area (Å²) in [5, 5.41) is 5.24. The summed E-state index contributed by atoms with van der Waals surface area (Å²) in [6.07, 6.45) is 4.13. The minimum atomic E-state index is -3.53. The number of nitrogens with one attached hydrogen (secondary N) is 2. The first-order chi connectivity index (χ1) is 12.1. The van der Waals surface area contributed by atoms with Gasteiger partial charge in [-0.05, 0) is 51.7 Å². The lowest BCUT2D eigenvalue weighted by Crippen LogP contribution is -2.49. The number of carbonyl (C=O) groups is 2. The summed E-state index contributed by atoms with van der Waals surface area (Å²) in [6.45, 7) is 6.53. The van der Waals surface area contributed by atoms with Crippen molar-refractivity contribution < 1.29 is 18.0 Å². The van der Waals surface area contributed by atoms with Gasteiger partial charge in [-0.25, -0.2) is 8.42 Å². The number of aromatic nitrogens is 1. The molecule has 0 atom stereocenters. The van der Waals surface area contributed by atoms with Gasteiger partial charge in [0.15, 0.2) is 0 Å². The van der Waals surface area contributed by atoms with Crippen molar-refractivity contribution in [3.63, 3.8) is 0 Å². The number of hydrogen-bond acceptors (Lipinski definition) is 5. The first kappa shape index (κ1) is 20.3. The first-order valence-corrected chi connectivity index (χ1v) is 10.0. The zero-order valence-corrected chi connectivity index (χ0v) is 16.2. The largest absolute Gasteiger partial charge is 0.348 e. The van der Waals surface area contributed by atoms with Gasteiger partial charge in [-0.15, -0.1) is 0 Å². The molecule has 2 heterocycles. The van der Waals surface area contributed by atoms with Gasteiger partial charge in [-0.3, -0.25) is 14.6 Å². The Kier molecular flexibility index (Phi) is 6.35. The molecule has 9 heteroatoms. The predicted molar refractivity (Wildman–Crippen MR) is 96.6 cm³/mol. The van der Waals surface area contributed by atoms with E-state index < -0.39 is 27.4 Å². The number of rotatable bonds is 4. The van der Waals surface area contributed by atoms with Crippen LogP contribution in [0.5, 0.6) is 0 Å². The van der Waals surface area contributed by atoms with Crippen LogP contribution in [0, 0.1) is 5.92 Å². The van der Waals surface area contributed by atoms with Crippen molar-refractivity contribution in [2.75, 3.05) is 19.6 Å². The molecule has 0 saturated carbocycles. The van der Waals surface area contributed by atoms with Crippen molar-refractivity contribution in [2.45, 2.75) is 44.0 Å². The van der Waals surface area contributed by atoms with E-state index in [4.69, 9.17) is 0 Å². The molecule has 2 rings (SSSR count). The molecule has 0 radical (unpaired) electrons. The predicted octanol–water partition coefficient (Wildman–Crippen LogP) is 0.513. The molecule has 26 heavy (non-hydrogen) atoms. The maximum atomic E-state index is 12.5. The fraction of sp³-hybridized carbons (Fsp3) is 0.588. The molecule has 0 bridgehead atoms. The van der Waals surface area contributed by atoms with Crippen LogP contribution in [0.15, 0.2) is 29.4 Å². The van der Waals surface area contributed by atoms with Crippen LogP contribution in [0.3, 0.4) is 0 Å². The molecule has 2 amide bonds. The van der Waals surface area contributed by atoms with E-state index in [9.17, 15) is 18.0 Å². The molecule has 2 N–H and O–H groups in total. The van der Waals surface area contributed by atoms with Crippen molar-refractivity contribution in [3.05, 3.63) is 24.5 Å². The Morgan fingerprint density at radius 3 is 2.42 bits per heavy atom. The second-order valence-corrected chi connectivity index (χ2v) is 9.39. The molecule has 0 unspecified atom stereocenters. The Labute approximate surface area is 154 Å². The van der Waals surface area contributed by atoms with Gasteiger partial charge in [0.25, 0.3) is 0 Å². The average molecular weight is 382 g/mol. The SMILES string of the molecule is CC(C)(C)NC(=O)C(=O)NCC1CCN(S(=O)(=O)c2cccnc2)CC1. The van der Waals surface area contributed by atoms with Crippen molar-refractivity contribution in [2.24, 2.45) is 5.92 Å². The van der Waals surface area contributed by atoms with Crippen LogP contribution >= 0.6 is 0 Å². The molecular formula is C17H26N4O4S. The summed E-state index contributed by atoms with van der Waals surface area (Å²) in [6, 6.07) is 3.13. The number of nitrogens with zero attached hydrogens (tertiary/aromatic N) is 2. The van der Waals surface area contributed by atoms with E-state index in [2.05, 4.69) is 15.6 Å². The molecule has 0 aromatic carbocycles. The van der Waals surface area contributed by atoms with Gasteiger partial charge < -0.3 is 10.6 Å². The quantitative estimate of drug-likeness (QED) is 0.738. The van der Waals surface area contributed by atoms with E-state index >= 15 is 0 Å². The third-order valence-electron chi connectivity index (χ3n) is 4.09. The molecule has 1 aliphatic heterocycles. The molecule has 1 saturated heterocycles. The average Bonchev–Trinajstić information content (AvgIpc) is 2.59. The van der Waals surface area contributed by atoms with Gasteiger partial charge in [-0.2, -0.15) is 4.31 Å². The third-order valence-corrected chi connectivity index (χ3v) is 5.97. The van der Waals surface area contributed by atoms with Crippen LogP contribution in [-0.2, 0) is 19.6 Å². The number of hydrogen-bond donors (Lipinski definition) is 2. The Balaban J connectivity index is 1.82. The van der Waals surface area contributed by atoms with Gasteiger partial charge in [0.2, 0.25) is 10.0 Å². The summed E-state index contributed by atoms with van der Waals surface area (Å²) in [4.78, 5) is 27.6. The maximum absolute atomic E-state index is 12.5. The highest BCUT2D eigenvalue weighted by Gasteiger charge is 2.30. The van der Waals surface area contributed by atoms with Crippen LogP contribution in [0.4, 0.5) is 0 Å². The zero-order chi connectivity index (χ0) is 19.4. The Morgan fingerprint density at radius 2 is 1.88 bits per heavy atom. The molecule has 1 aromatic rings. The smallest absolute Gasteiger partial charge is 0.309 e. The minimum Gasteiger partial charge on any atom is -0.348 e. The number of carbonyl (C=O) groups excluding carboxylic acids is 2. The lowest BCUT2D eigenvalue weighted by Gasteiger charge is -2.31. The van der Waals surface area contributed by atoms with Gasteiger partial charge in [0.05, 0.1) is 0 Å². The van der Waals surface area contributed by atoms with E-state index in [0.29, 0.717) is 32.5 Å². The summed E-state index contributed by atoms with van der Waals surface area (Å²) >= 11 is 0. The van der Waals surface area contributed by atoms with Crippen molar-refractivity contribution in [1.29, 1.82) is 0 Å². The van der Waals surface area contributed by atoms with E-state index in [0.717, 1.165) is 0 Å². The summed E-state index contributed by atoms with van der Waals surface area (Å²) < 4.78 is 26.5. The lowest BCUT2D eigenvalue weighted by atomic mass is 9.98. The van der Waals surface area contributed by atoms with Crippen LogP contribution < -0.4 is 10.6 Å². The fourth-order valence-corrected chi connectivity index (χ4v) is 4.15. The van der Waals surface area contributed by atoms with Crippen LogP contribution in [0.1, 0.15) is 33.6 Å². The van der Waals surface area contributed by atoms with E-state index in [-0.39, 0.29) is 10.8 Å². The number of amides is 2. The summed E-state index contributed by atoms with van der Waals surface area (Å²) in [7, 11) is -3.53. The molecule has 1 aliphatic rings. The highest BCUT2D eigenvalue weighted by molar-refractivity contribution is 7.89. The van der Waals surface area contributed by atoms with E-state index in [1.165, 1.54) is 22.8 Å². The Bertz CT molecular complexity index is 736. The molecule has 8 nitrogen and oxygen atoms in total. The van der Waals surface area contributed by atoms with Crippen LogP contribution in [0.25, 0.3) is 0 Å². The lowest BCUT2D eigenvalue weighted by molar-refractivity contribution is -0.140. The van der Waals surface area contributed by atoms with Crippen molar-refractivity contribution in [3.8, 4) is 0 Å². The van der Waals surface area contributed by atoms with Crippen molar-refractivity contribution >= 4 is 21.8 Å². The van der Waals surface area contributed by atoms with Crippen LogP contribution in [-0.4, -0.2) is 54.7 Å². The Hall–Kier alpha value is -2.00. The maximum Gasteiger partial charge on any atom is 0.309 e. The number of pyridine rings is 1. The fourth-order valence-electron chi connectivity index (χ4n) is 2.72. The zero-order valence-electron chi connectivity index (χ0n) is 15.4. The number of piperidine rings is 1. The highest BCUT2D eigenvalue weighted by atomic mass is 32.2. The molecule has 0 aliphatic carbocycles. The second-order valence-electron chi connectivity index (χ2n) is 7.45. The monoisotopic (exact) mass is 382 g/mol. The molecule has 1 fully saturated rings. The molecule has 144 valence electrons. The van der Waals surface area contributed by atoms with Crippen LogP contribution in [0.2, 0.25) is 0 Å². The van der Waals surface area contributed by atoms with Gasteiger partial charge in [0, 0.05) is 37.6 Å². The van der Waals surface area contributed by atoms with Gasteiger partial charge >= 0.3 is 11.8 Å². The summed E-state index contributed by atoms with van der Waals surface area (Å²) in [5.74, 6) is -1.18. The highest BCUT2D eigenvalue weighted by Crippen LogP contribution is 2.22. The van der Waals surface area contributed by atoms with Gasteiger partial charge in [-0.1, -0.05) is 0 Å². The van der Waals surface area contributed by atoms with E-state index in [1.54, 1.807) is 26.8 Å². The molecule has 1 aromatic heterocycles. The van der Waals surface area contributed by atoms with Crippen molar-refractivity contribution in [1.82, 2.24) is 19.9 Å². The summed E-state index contributed by atoms with van der Waals surface area (Å²) in [5.41, 5.74) is -0.472. The molecule has 0 spiro atoms. The minimum absolute atomic E-state index is 0.140. The second kappa shape index (κ2) is 8.13. The standard InChI is InChI=1S/C17H26N4O4S/c1-17(2,3)20-16(23)15(22)19-11-13-6-9-21(10-7-13)26(24,25)14-5-4-8-18-12-14/h4-5,8,12-13H,6-7,9-11H2,1-3H3,(H,19,22)(H,20,23). The number of sulfonamides is 1. The van der Waals surface area contributed by atoms with Gasteiger partial charge in [0.1, 0.15) is 4.90 Å². The third kappa shape index (κ3) is 5.50.